The Morgan fingerprint density at radius 1 is 1.25 bits per heavy atom. The summed E-state index contributed by atoms with van der Waals surface area (Å²) in [6.07, 6.45) is 5.29. The van der Waals surface area contributed by atoms with E-state index in [1.165, 1.54) is 42.3 Å². The number of benzene rings is 1. The summed E-state index contributed by atoms with van der Waals surface area (Å²) in [6.45, 7) is 6.86. The van der Waals surface area contributed by atoms with E-state index in [1.807, 2.05) is 0 Å². The molecule has 0 amide bonds. The van der Waals surface area contributed by atoms with Gasteiger partial charge in [-0.1, -0.05) is 32.8 Å². The average molecular weight is 288 g/mol. The Labute approximate surface area is 126 Å². The molecule has 0 spiro atoms. The van der Waals surface area contributed by atoms with Crippen molar-refractivity contribution in [2.45, 2.75) is 52.5 Å². The lowest BCUT2D eigenvalue weighted by atomic mass is 9.77. The van der Waals surface area contributed by atoms with Gasteiger partial charge in [-0.05, 0) is 61.5 Å². The molecule has 1 fully saturated rings. The fourth-order valence-electron chi connectivity index (χ4n) is 3.80. The third-order valence-corrected chi connectivity index (χ3v) is 5.14. The van der Waals surface area contributed by atoms with Crippen molar-refractivity contribution in [2.75, 3.05) is 0 Å². The number of hydrogen-bond acceptors (Lipinski definition) is 1. The first-order valence-electron chi connectivity index (χ1n) is 7.79. The Kier molecular flexibility index (Phi) is 3.72. The van der Waals surface area contributed by atoms with Crippen LogP contribution in [0, 0.1) is 23.5 Å². The second-order valence-corrected chi connectivity index (χ2v) is 6.97. The van der Waals surface area contributed by atoms with E-state index in [4.69, 9.17) is 12.2 Å². The van der Waals surface area contributed by atoms with E-state index in [9.17, 15) is 0 Å². The lowest BCUT2D eigenvalue weighted by Crippen LogP contribution is -2.27. The quantitative estimate of drug-likeness (QED) is 0.734. The molecule has 0 aliphatic heterocycles. The van der Waals surface area contributed by atoms with Crippen LogP contribution in [0.4, 0.5) is 0 Å². The Hall–Kier alpha value is -1.09. The number of aromatic amines is 1. The number of rotatable bonds is 2. The Morgan fingerprint density at radius 3 is 2.75 bits per heavy atom. The van der Waals surface area contributed by atoms with Gasteiger partial charge in [0.05, 0.1) is 11.0 Å². The molecular formula is C17H24N2S. The van der Waals surface area contributed by atoms with Gasteiger partial charge in [0.25, 0.3) is 0 Å². The Balaban J connectivity index is 2.14. The van der Waals surface area contributed by atoms with Crippen LogP contribution < -0.4 is 0 Å². The largest absolute Gasteiger partial charge is 0.331 e. The van der Waals surface area contributed by atoms with Crippen molar-refractivity contribution < 1.29 is 0 Å². The van der Waals surface area contributed by atoms with Crippen molar-refractivity contribution >= 4 is 23.3 Å². The summed E-state index contributed by atoms with van der Waals surface area (Å²) in [6, 6.07) is 7.14. The van der Waals surface area contributed by atoms with Gasteiger partial charge in [0, 0.05) is 6.04 Å². The van der Waals surface area contributed by atoms with Crippen LogP contribution in [-0.2, 0) is 0 Å². The molecule has 1 aliphatic carbocycles. The third kappa shape index (κ3) is 2.32. The molecule has 0 saturated heterocycles. The molecule has 1 aromatic heterocycles. The Bertz CT molecular complexity index is 665. The number of fused-ring (bicyclic) bond motifs is 1. The van der Waals surface area contributed by atoms with E-state index in [-0.39, 0.29) is 0 Å². The summed E-state index contributed by atoms with van der Waals surface area (Å²) < 4.78 is 3.30. The zero-order valence-corrected chi connectivity index (χ0v) is 13.5. The van der Waals surface area contributed by atoms with Crippen LogP contribution in [0.3, 0.4) is 0 Å². The highest BCUT2D eigenvalue weighted by molar-refractivity contribution is 7.71. The van der Waals surface area contributed by atoms with Crippen molar-refractivity contribution in [3.8, 4) is 0 Å². The van der Waals surface area contributed by atoms with Crippen molar-refractivity contribution in [3.63, 3.8) is 0 Å². The highest BCUT2D eigenvalue weighted by atomic mass is 32.1. The van der Waals surface area contributed by atoms with Gasteiger partial charge < -0.3 is 9.55 Å². The molecule has 1 aliphatic rings. The molecule has 0 bridgehead atoms. The predicted molar refractivity (Wildman–Crippen MR) is 87.7 cm³/mol. The molecule has 108 valence electrons. The normalized spacial score (nSPS) is 23.6. The fourth-order valence-corrected chi connectivity index (χ4v) is 4.14. The second kappa shape index (κ2) is 5.36. The van der Waals surface area contributed by atoms with Crippen LogP contribution in [0.1, 0.15) is 51.1 Å². The minimum atomic E-state index is 0.562. The van der Waals surface area contributed by atoms with Gasteiger partial charge in [0.1, 0.15) is 0 Å². The van der Waals surface area contributed by atoms with Gasteiger partial charge in [0.15, 0.2) is 4.77 Å². The van der Waals surface area contributed by atoms with E-state index in [2.05, 4.69) is 48.5 Å². The molecule has 20 heavy (non-hydrogen) atoms. The fraction of sp³-hybridized carbons (Fsp3) is 0.588. The van der Waals surface area contributed by atoms with Gasteiger partial charge in [-0.2, -0.15) is 0 Å². The summed E-state index contributed by atoms with van der Waals surface area (Å²) in [4.78, 5) is 3.39. The first-order valence-corrected chi connectivity index (χ1v) is 8.19. The van der Waals surface area contributed by atoms with Gasteiger partial charge in [0.2, 0.25) is 0 Å². The summed E-state index contributed by atoms with van der Waals surface area (Å²) >= 11 is 5.62. The standard InChI is InChI=1S/C17H24N2S/c1-11(2)13-6-4-5-7-15(13)19-16-10-12(3)8-9-14(16)18-17(19)20/h8-11,13,15H,4-7H2,1-3H3,(H,18,20). The zero-order chi connectivity index (χ0) is 14.3. The van der Waals surface area contributed by atoms with Crippen LogP contribution in [0.5, 0.6) is 0 Å². The number of H-pyrrole nitrogens is 1. The molecule has 1 aromatic carbocycles. The number of aromatic nitrogens is 2. The van der Waals surface area contributed by atoms with Crippen LogP contribution in [-0.4, -0.2) is 9.55 Å². The molecule has 1 N–H and O–H groups in total. The molecule has 0 radical (unpaired) electrons. The molecule has 2 atom stereocenters. The predicted octanol–water partition coefficient (Wildman–Crippen LogP) is 5.39. The van der Waals surface area contributed by atoms with Crippen LogP contribution in [0.15, 0.2) is 18.2 Å². The minimum Gasteiger partial charge on any atom is -0.331 e. The van der Waals surface area contributed by atoms with Crippen molar-refractivity contribution in [3.05, 3.63) is 28.5 Å². The molecule has 1 saturated carbocycles. The summed E-state index contributed by atoms with van der Waals surface area (Å²) in [7, 11) is 0. The van der Waals surface area contributed by atoms with Crippen molar-refractivity contribution in [1.29, 1.82) is 0 Å². The lowest BCUT2D eigenvalue weighted by molar-refractivity contribution is 0.186. The third-order valence-electron chi connectivity index (χ3n) is 4.84. The molecule has 3 heteroatoms. The summed E-state index contributed by atoms with van der Waals surface area (Å²) in [5.41, 5.74) is 3.76. The first-order chi connectivity index (χ1) is 9.58. The molecule has 2 nitrogen and oxygen atoms in total. The molecule has 1 heterocycles. The van der Waals surface area contributed by atoms with Crippen molar-refractivity contribution in [2.24, 2.45) is 11.8 Å². The lowest BCUT2D eigenvalue weighted by Gasteiger charge is -2.35. The number of hydrogen-bond donors (Lipinski definition) is 1. The van der Waals surface area contributed by atoms with Crippen LogP contribution in [0.25, 0.3) is 11.0 Å². The van der Waals surface area contributed by atoms with Gasteiger partial charge in [-0.3, -0.25) is 0 Å². The molecule has 2 unspecified atom stereocenters. The maximum atomic E-state index is 5.62. The highest BCUT2D eigenvalue weighted by Gasteiger charge is 2.30. The van der Waals surface area contributed by atoms with E-state index in [1.54, 1.807) is 0 Å². The van der Waals surface area contributed by atoms with Gasteiger partial charge >= 0.3 is 0 Å². The Morgan fingerprint density at radius 2 is 2.00 bits per heavy atom. The molecule has 2 aromatic rings. The van der Waals surface area contributed by atoms with E-state index in [0.717, 1.165) is 16.6 Å². The van der Waals surface area contributed by atoms with Gasteiger partial charge in [-0.15, -0.1) is 0 Å². The minimum absolute atomic E-state index is 0.562. The zero-order valence-electron chi connectivity index (χ0n) is 12.6. The molecule has 3 rings (SSSR count). The average Bonchev–Trinajstić information content (AvgIpc) is 2.74. The molecular weight excluding hydrogens is 264 g/mol. The topological polar surface area (TPSA) is 20.7 Å². The van der Waals surface area contributed by atoms with E-state index < -0.39 is 0 Å². The summed E-state index contributed by atoms with van der Waals surface area (Å²) in [5.74, 6) is 1.46. The first kappa shape index (κ1) is 13.9. The van der Waals surface area contributed by atoms with E-state index >= 15 is 0 Å². The number of imidazole rings is 1. The van der Waals surface area contributed by atoms with Crippen LogP contribution >= 0.6 is 12.2 Å². The van der Waals surface area contributed by atoms with Gasteiger partial charge in [-0.25, -0.2) is 0 Å². The number of nitrogens with one attached hydrogen (secondary N) is 1. The van der Waals surface area contributed by atoms with Crippen molar-refractivity contribution in [1.82, 2.24) is 9.55 Å². The van der Waals surface area contributed by atoms with E-state index in [0.29, 0.717) is 6.04 Å². The monoisotopic (exact) mass is 288 g/mol. The number of nitrogens with zero attached hydrogens (tertiary/aromatic N) is 1. The van der Waals surface area contributed by atoms with Crippen LogP contribution in [0.2, 0.25) is 0 Å². The maximum absolute atomic E-state index is 5.62. The second-order valence-electron chi connectivity index (χ2n) is 6.58. The highest BCUT2D eigenvalue weighted by Crippen LogP contribution is 2.40. The SMILES string of the molecule is Cc1ccc2[nH]c(=S)n(C3CCCCC3C(C)C)c2c1. The maximum Gasteiger partial charge on any atom is 0.178 e. The number of aryl methyl sites for hydroxylation is 1. The smallest absolute Gasteiger partial charge is 0.178 e. The summed E-state index contributed by atoms with van der Waals surface area (Å²) in [5, 5.41) is 0.